The quantitative estimate of drug-likeness (QED) is 0.470. The lowest BCUT2D eigenvalue weighted by atomic mass is 11.0. The monoisotopic (exact) mass is 339 g/mol. The van der Waals surface area contributed by atoms with E-state index in [4.69, 9.17) is 0 Å². The molecular weight excluding hydrogens is 307 g/mol. The SMILES string of the molecule is CC[P+]([O-])([O-])[O-].C[S+](C)C.C[S+](C)C.C[S+](C)C. The average molecular weight is 340 g/mol. The van der Waals surface area contributed by atoms with Gasteiger partial charge in [0.2, 0.25) is 0 Å². The topological polar surface area (TPSA) is 69.2 Å². The Kier molecular flexibility index (Phi) is 28.2. The van der Waals surface area contributed by atoms with E-state index in [1.165, 1.54) is 6.92 Å². The highest BCUT2D eigenvalue weighted by Gasteiger charge is 1.83. The average Bonchev–Trinajstić information content (AvgIpc) is 1.99. The number of rotatable bonds is 1. The maximum absolute atomic E-state index is 9.47. The van der Waals surface area contributed by atoms with Crippen LogP contribution in [0, 0.1) is 0 Å². The molecule has 0 aromatic heterocycles. The van der Waals surface area contributed by atoms with Gasteiger partial charge in [-0.3, -0.25) is 0 Å². The molecule has 0 bridgehead atoms. The molecule has 0 radical (unpaired) electrons. The van der Waals surface area contributed by atoms with Gasteiger partial charge in [-0.05, 0) is 39.6 Å². The fourth-order valence-electron chi connectivity index (χ4n) is 0. The van der Waals surface area contributed by atoms with E-state index in [0.29, 0.717) is 32.7 Å². The van der Waals surface area contributed by atoms with Crippen molar-refractivity contribution in [3.05, 3.63) is 0 Å². The summed E-state index contributed by atoms with van der Waals surface area (Å²) in [7, 11) is -2.23. The second kappa shape index (κ2) is 18.4. The molecule has 0 fully saturated rings. The first-order valence-electron chi connectivity index (χ1n) is 5.25. The summed E-state index contributed by atoms with van der Waals surface area (Å²) in [4.78, 5) is 28.4. The van der Waals surface area contributed by atoms with Gasteiger partial charge >= 0.3 is 0 Å². The summed E-state index contributed by atoms with van der Waals surface area (Å²) in [5.74, 6) is 0. The first-order chi connectivity index (χ1) is 7.76. The molecule has 0 rings (SSSR count). The highest BCUT2D eigenvalue weighted by Crippen LogP contribution is 2.24. The fourth-order valence-corrected chi connectivity index (χ4v) is 0. The Hall–Kier alpha value is 1.36. The first-order valence-corrected chi connectivity index (χ1v) is 14.3. The molecule has 0 heterocycles. The molecule has 7 heteroatoms. The molecule has 0 saturated carbocycles. The smallest absolute Gasteiger partial charge is 0.0969 e. The largest absolute Gasteiger partial charge is 0.688 e. The maximum Gasteiger partial charge on any atom is 0.0969 e. The maximum atomic E-state index is 9.47. The molecule has 0 atom stereocenters. The van der Waals surface area contributed by atoms with Gasteiger partial charge in [-0.1, -0.05) is 0 Å². The van der Waals surface area contributed by atoms with Crippen LogP contribution in [0.15, 0.2) is 0 Å². The lowest BCUT2D eigenvalue weighted by molar-refractivity contribution is -0.427. The minimum absolute atomic E-state index is 0.285. The van der Waals surface area contributed by atoms with Gasteiger partial charge in [0.15, 0.2) is 0 Å². The van der Waals surface area contributed by atoms with Crippen molar-refractivity contribution in [1.29, 1.82) is 0 Å². The highest BCUT2D eigenvalue weighted by atomic mass is 32.2. The molecule has 0 aromatic rings. The van der Waals surface area contributed by atoms with Crippen molar-refractivity contribution in [3.8, 4) is 0 Å². The molecule has 116 valence electrons. The van der Waals surface area contributed by atoms with E-state index < -0.39 is 7.94 Å². The Balaban J connectivity index is -0.0000000742. The lowest BCUT2D eigenvalue weighted by Gasteiger charge is -2.40. The van der Waals surface area contributed by atoms with Gasteiger partial charge < -0.3 is 14.7 Å². The van der Waals surface area contributed by atoms with Gasteiger partial charge in [0.05, 0.1) is 56.3 Å². The summed E-state index contributed by atoms with van der Waals surface area (Å²) >= 11 is 0. The predicted molar refractivity (Wildman–Crippen MR) is 92.9 cm³/mol. The third-order valence-electron chi connectivity index (χ3n) is 0.387. The van der Waals surface area contributed by atoms with Crippen LogP contribution in [0.1, 0.15) is 6.92 Å². The normalized spacial score (nSPS) is 10.0. The van der Waals surface area contributed by atoms with Crippen LogP contribution in [0.25, 0.3) is 0 Å². The molecule has 3 nitrogen and oxygen atoms in total. The van der Waals surface area contributed by atoms with Crippen LogP contribution in [0.5, 0.6) is 0 Å². The Bertz CT molecular complexity index is 117. The molecule has 18 heavy (non-hydrogen) atoms. The van der Waals surface area contributed by atoms with E-state index in [0.717, 1.165) is 0 Å². The summed E-state index contributed by atoms with van der Waals surface area (Å²) in [5.41, 5.74) is 0. The zero-order valence-electron chi connectivity index (χ0n) is 13.6. The van der Waals surface area contributed by atoms with E-state index in [9.17, 15) is 14.7 Å². The molecule has 0 saturated heterocycles. The van der Waals surface area contributed by atoms with Crippen molar-refractivity contribution in [2.45, 2.75) is 6.92 Å². The Morgan fingerprint density at radius 2 is 0.667 bits per heavy atom. The van der Waals surface area contributed by atoms with Crippen LogP contribution in [-0.4, -0.2) is 62.5 Å². The van der Waals surface area contributed by atoms with Gasteiger partial charge in [-0.15, -0.1) is 0 Å². The van der Waals surface area contributed by atoms with Gasteiger partial charge in [0, 0.05) is 6.16 Å². The molecule has 0 amide bonds. The summed E-state index contributed by atoms with van der Waals surface area (Å²) in [5, 5.41) is 0. The van der Waals surface area contributed by atoms with Crippen LogP contribution in [0.3, 0.4) is 0 Å². The summed E-state index contributed by atoms with van der Waals surface area (Å²) in [6.45, 7) is 1.32. The van der Waals surface area contributed by atoms with Crippen molar-refractivity contribution >= 4 is 40.6 Å². The first kappa shape index (κ1) is 27.7. The van der Waals surface area contributed by atoms with Crippen molar-refractivity contribution in [3.63, 3.8) is 0 Å². The number of hydrogen-bond donors (Lipinski definition) is 0. The Morgan fingerprint density at radius 1 is 0.611 bits per heavy atom. The zero-order valence-corrected chi connectivity index (χ0v) is 16.9. The highest BCUT2D eigenvalue weighted by molar-refractivity contribution is 7.95. The van der Waals surface area contributed by atoms with Gasteiger partial charge in [-0.2, -0.15) is 7.94 Å². The molecule has 0 aliphatic carbocycles. The van der Waals surface area contributed by atoms with Crippen LogP contribution in [0.4, 0.5) is 0 Å². The second-order valence-electron chi connectivity index (χ2n) is 4.60. The van der Waals surface area contributed by atoms with E-state index >= 15 is 0 Å². The number of hydrogen-bond acceptors (Lipinski definition) is 3. The summed E-state index contributed by atoms with van der Waals surface area (Å²) in [6.07, 6.45) is 19.5. The minimum atomic E-state index is -4.15. The predicted octanol–water partition coefficient (Wildman–Crippen LogP) is -0.668. The second-order valence-corrected chi connectivity index (χ2v) is 13.8. The molecule has 0 aliphatic heterocycles. The summed E-state index contributed by atoms with van der Waals surface area (Å²) in [6, 6.07) is 0. The van der Waals surface area contributed by atoms with Crippen LogP contribution in [-0.2, 0) is 32.7 Å². The Labute approximate surface area is 124 Å². The summed E-state index contributed by atoms with van der Waals surface area (Å²) < 4.78 is 0. The van der Waals surface area contributed by atoms with Crippen molar-refractivity contribution < 1.29 is 14.7 Å². The fraction of sp³-hybridized carbons (Fsp3) is 1.00. The molecule has 0 aromatic carbocycles. The van der Waals surface area contributed by atoms with Gasteiger partial charge in [-0.25, -0.2) is 0 Å². The van der Waals surface area contributed by atoms with Crippen molar-refractivity contribution in [2.24, 2.45) is 0 Å². The minimum Gasteiger partial charge on any atom is -0.688 e. The zero-order chi connectivity index (χ0) is 15.9. The van der Waals surface area contributed by atoms with Gasteiger partial charge in [0.25, 0.3) is 0 Å². The molecule has 0 aliphatic rings. The van der Waals surface area contributed by atoms with Gasteiger partial charge in [0.1, 0.15) is 0 Å². The molecule has 0 spiro atoms. The lowest BCUT2D eigenvalue weighted by Crippen LogP contribution is -2.33. The molecule has 0 unspecified atom stereocenters. The van der Waals surface area contributed by atoms with Crippen LogP contribution < -0.4 is 14.7 Å². The van der Waals surface area contributed by atoms with E-state index in [2.05, 4.69) is 56.3 Å². The van der Waals surface area contributed by atoms with Crippen LogP contribution >= 0.6 is 7.94 Å². The standard InChI is InChI=1S/3C3H9S.C2H7O3P/c3*1-4(2)3;1-2-6(3,4)5/h3*1-3H3;2H2,1H3,(H2,3,4,5)/q3*+1;/p-2. The molecular formula is C11H32O3PS3+. The van der Waals surface area contributed by atoms with E-state index in [1.807, 2.05) is 0 Å². The van der Waals surface area contributed by atoms with E-state index in [1.54, 1.807) is 0 Å². The van der Waals surface area contributed by atoms with Crippen LogP contribution in [0.2, 0.25) is 0 Å². The Morgan fingerprint density at radius 3 is 0.667 bits per heavy atom. The third-order valence-corrected chi connectivity index (χ3v) is 1.16. The molecule has 0 N–H and O–H groups in total. The third kappa shape index (κ3) is 244. The van der Waals surface area contributed by atoms with Crippen molar-refractivity contribution in [2.75, 3.05) is 62.5 Å². The van der Waals surface area contributed by atoms with E-state index in [-0.39, 0.29) is 6.16 Å². The van der Waals surface area contributed by atoms with Crippen molar-refractivity contribution in [1.82, 2.24) is 0 Å².